The van der Waals surface area contributed by atoms with Gasteiger partial charge in [-0.3, -0.25) is 4.79 Å². The summed E-state index contributed by atoms with van der Waals surface area (Å²) in [6.45, 7) is 16.2. The number of carbonyl (C=O) groups is 1. The number of aryl methyl sites for hydroxylation is 2. The molecule has 1 N–H and O–H groups in total. The fourth-order valence-corrected chi connectivity index (χ4v) is 4.06. The van der Waals surface area contributed by atoms with Crippen LogP contribution < -0.4 is 0 Å². The average Bonchev–Trinajstić information content (AvgIpc) is 3.10. The molecule has 0 radical (unpaired) electrons. The van der Waals surface area contributed by atoms with Crippen LogP contribution in [0.15, 0.2) is 30.3 Å². The van der Waals surface area contributed by atoms with Crippen molar-refractivity contribution < 1.29 is 9.90 Å². The Labute approximate surface area is 179 Å². The third-order valence-corrected chi connectivity index (χ3v) is 6.44. The Balaban J connectivity index is 2.50. The second-order valence-electron chi connectivity index (χ2n) is 9.65. The van der Waals surface area contributed by atoms with E-state index in [1.54, 1.807) is 0 Å². The SMILES string of the molecule is CCC(C)C(C)(C(=O)O)c1c(C)nc2cc(C(C)(C)C)nn2c1-c1ccc(C)cc1. The number of benzene rings is 1. The molecule has 5 nitrogen and oxygen atoms in total. The van der Waals surface area contributed by atoms with Crippen LogP contribution in [-0.2, 0) is 15.6 Å². The van der Waals surface area contributed by atoms with Gasteiger partial charge >= 0.3 is 5.97 Å². The van der Waals surface area contributed by atoms with Crippen molar-refractivity contribution in [3.63, 3.8) is 0 Å². The predicted octanol–water partition coefficient (Wildman–Crippen LogP) is 5.70. The average molecular weight is 408 g/mol. The number of nitrogens with zero attached hydrogens (tertiary/aromatic N) is 3. The molecule has 0 aliphatic rings. The molecule has 0 saturated heterocycles. The molecule has 3 rings (SSSR count). The largest absolute Gasteiger partial charge is 0.481 e. The maximum atomic E-state index is 12.7. The van der Waals surface area contributed by atoms with Gasteiger partial charge in [0.2, 0.25) is 0 Å². The number of hydrogen-bond acceptors (Lipinski definition) is 3. The van der Waals surface area contributed by atoms with Gasteiger partial charge in [-0.1, -0.05) is 70.9 Å². The molecule has 0 bridgehead atoms. The van der Waals surface area contributed by atoms with E-state index in [9.17, 15) is 9.90 Å². The second kappa shape index (κ2) is 7.53. The summed E-state index contributed by atoms with van der Waals surface area (Å²) < 4.78 is 1.84. The quantitative estimate of drug-likeness (QED) is 0.589. The summed E-state index contributed by atoms with van der Waals surface area (Å²) >= 11 is 0. The highest BCUT2D eigenvalue weighted by Crippen LogP contribution is 2.42. The zero-order valence-electron chi connectivity index (χ0n) is 19.4. The molecule has 0 amide bonds. The maximum absolute atomic E-state index is 12.7. The van der Waals surface area contributed by atoms with Gasteiger partial charge in [0.05, 0.1) is 16.8 Å². The molecular weight excluding hydrogens is 374 g/mol. The molecule has 5 heteroatoms. The number of hydrogen-bond donors (Lipinski definition) is 1. The van der Waals surface area contributed by atoms with E-state index in [1.807, 2.05) is 57.3 Å². The standard InChI is InChI=1S/C25H33N3O2/c1-9-16(3)25(8,23(29)30)21-17(4)26-20-14-19(24(5,6)7)27-28(20)22(21)18-12-10-15(2)11-13-18/h10-14,16H,9H2,1-8H3,(H,29,30). The Kier molecular flexibility index (Phi) is 5.52. The van der Waals surface area contributed by atoms with Gasteiger partial charge in [-0.25, -0.2) is 9.50 Å². The third kappa shape index (κ3) is 3.51. The number of fused-ring (bicyclic) bond motifs is 1. The Hall–Kier alpha value is -2.69. The molecule has 2 unspecified atom stereocenters. The minimum absolute atomic E-state index is 0.0743. The van der Waals surface area contributed by atoms with Crippen LogP contribution in [0.1, 0.15) is 70.5 Å². The van der Waals surface area contributed by atoms with E-state index in [0.717, 1.165) is 45.8 Å². The van der Waals surface area contributed by atoms with E-state index in [0.29, 0.717) is 0 Å². The molecule has 0 fully saturated rings. The lowest BCUT2D eigenvalue weighted by Gasteiger charge is -2.34. The summed E-state index contributed by atoms with van der Waals surface area (Å²) in [5, 5.41) is 15.3. The summed E-state index contributed by atoms with van der Waals surface area (Å²) in [6, 6.07) is 10.2. The van der Waals surface area contributed by atoms with Crippen molar-refractivity contribution in [1.29, 1.82) is 0 Å². The molecule has 2 heterocycles. The lowest BCUT2D eigenvalue weighted by atomic mass is 9.69. The number of carboxylic acids is 1. The first-order valence-electron chi connectivity index (χ1n) is 10.6. The molecule has 0 aliphatic carbocycles. The predicted molar refractivity (Wildman–Crippen MR) is 121 cm³/mol. The van der Waals surface area contributed by atoms with E-state index in [-0.39, 0.29) is 11.3 Å². The van der Waals surface area contributed by atoms with Gasteiger partial charge in [-0.2, -0.15) is 5.10 Å². The highest BCUT2D eigenvalue weighted by molar-refractivity contribution is 5.86. The van der Waals surface area contributed by atoms with Crippen molar-refractivity contribution in [3.05, 3.63) is 52.8 Å². The highest BCUT2D eigenvalue weighted by Gasteiger charge is 2.44. The first kappa shape index (κ1) is 22.0. The number of carboxylic acid groups (broad SMARTS) is 1. The van der Waals surface area contributed by atoms with Crippen molar-refractivity contribution in [2.24, 2.45) is 5.92 Å². The van der Waals surface area contributed by atoms with E-state index >= 15 is 0 Å². The van der Waals surface area contributed by atoms with Gasteiger partial charge in [0, 0.05) is 28.3 Å². The third-order valence-electron chi connectivity index (χ3n) is 6.44. The van der Waals surface area contributed by atoms with Crippen LogP contribution in [0.5, 0.6) is 0 Å². The Morgan fingerprint density at radius 3 is 2.23 bits per heavy atom. The fraction of sp³-hybridized carbons (Fsp3) is 0.480. The molecule has 1 aromatic carbocycles. The number of rotatable bonds is 5. The molecule has 3 aromatic rings. The summed E-state index contributed by atoms with van der Waals surface area (Å²) in [4.78, 5) is 17.5. The second-order valence-corrected chi connectivity index (χ2v) is 9.65. The van der Waals surface area contributed by atoms with Crippen molar-refractivity contribution in [2.45, 2.75) is 72.6 Å². The van der Waals surface area contributed by atoms with Crippen LogP contribution in [0.25, 0.3) is 16.9 Å². The minimum atomic E-state index is -1.09. The van der Waals surface area contributed by atoms with E-state index in [4.69, 9.17) is 10.1 Å². The van der Waals surface area contributed by atoms with Crippen molar-refractivity contribution in [1.82, 2.24) is 14.6 Å². The van der Waals surface area contributed by atoms with E-state index < -0.39 is 11.4 Å². The van der Waals surface area contributed by atoms with Crippen LogP contribution >= 0.6 is 0 Å². The van der Waals surface area contributed by atoms with Crippen molar-refractivity contribution in [3.8, 4) is 11.3 Å². The molecule has 2 atom stereocenters. The summed E-state index contributed by atoms with van der Waals surface area (Å²) in [6.07, 6.45) is 0.750. The smallest absolute Gasteiger partial charge is 0.314 e. The number of aromatic nitrogens is 3. The van der Waals surface area contributed by atoms with Crippen LogP contribution in [0, 0.1) is 19.8 Å². The lowest BCUT2D eigenvalue weighted by Crippen LogP contribution is -2.40. The summed E-state index contributed by atoms with van der Waals surface area (Å²) in [7, 11) is 0. The van der Waals surface area contributed by atoms with Gasteiger partial charge in [0.1, 0.15) is 0 Å². The van der Waals surface area contributed by atoms with E-state index in [1.165, 1.54) is 0 Å². The van der Waals surface area contributed by atoms with Crippen LogP contribution in [0.2, 0.25) is 0 Å². The zero-order chi connectivity index (χ0) is 22.4. The van der Waals surface area contributed by atoms with Crippen molar-refractivity contribution >= 4 is 11.6 Å². The molecule has 0 saturated carbocycles. The molecule has 0 spiro atoms. The Morgan fingerprint density at radius 1 is 1.13 bits per heavy atom. The van der Waals surface area contributed by atoms with Crippen LogP contribution in [0.4, 0.5) is 0 Å². The van der Waals surface area contributed by atoms with Crippen LogP contribution in [-0.4, -0.2) is 25.7 Å². The van der Waals surface area contributed by atoms with Crippen molar-refractivity contribution in [2.75, 3.05) is 0 Å². The van der Waals surface area contributed by atoms with Gasteiger partial charge in [-0.05, 0) is 26.7 Å². The summed E-state index contributed by atoms with van der Waals surface area (Å²) in [5.41, 5.74) is 4.85. The van der Waals surface area contributed by atoms with Crippen LogP contribution in [0.3, 0.4) is 0 Å². The van der Waals surface area contributed by atoms with Gasteiger partial charge < -0.3 is 5.11 Å². The molecular formula is C25H33N3O2. The normalized spacial score (nSPS) is 15.2. The zero-order valence-corrected chi connectivity index (χ0v) is 19.4. The Morgan fingerprint density at radius 2 is 1.73 bits per heavy atom. The van der Waals surface area contributed by atoms with E-state index in [2.05, 4.69) is 32.9 Å². The monoisotopic (exact) mass is 407 g/mol. The highest BCUT2D eigenvalue weighted by atomic mass is 16.4. The summed E-state index contributed by atoms with van der Waals surface area (Å²) in [5.74, 6) is -0.910. The maximum Gasteiger partial charge on any atom is 0.314 e. The molecule has 2 aromatic heterocycles. The molecule has 30 heavy (non-hydrogen) atoms. The molecule has 0 aliphatic heterocycles. The van der Waals surface area contributed by atoms with Gasteiger partial charge in [-0.15, -0.1) is 0 Å². The first-order chi connectivity index (χ1) is 13.9. The Bertz CT molecular complexity index is 1090. The first-order valence-corrected chi connectivity index (χ1v) is 10.6. The van der Waals surface area contributed by atoms with Gasteiger partial charge in [0.15, 0.2) is 5.65 Å². The molecule has 160 valence electrons. The van der Waals surface area contributed by atoms with Gasteiger partial charge in [0.25, 0.3) is 0 Å². The fourth-order valence-electron chi connectivity index (χ4n) is 4.06. The number of aliphatic carboxylic acids is 1. The topological polar surface area (TPSA) is 67.5 Å². The minimum Gasteiger partial charge on any atom is -0.481 e. The lowest BCUT2D eigenvalue weighted by molar-refractivity contribution is -0.145.